The molecule has 0 unspecified atom stereocenters. The van der Waals surface area contributed by atoms with Gasteiger partial charge in [-0.15, -0.1) is 0 Å². The number of ether oxygens (including phenoxy) is 2. The van der Waals surface area contributed by atoms with Gasteiger partial charge in [0.05, 0.1) is 18.8 Å². The number of fused-ring (bicyclic) bond motifs is 1. The average molecular weight is 284 g/mol. The Hall–Kier alpha value is -1.75. The summed E-state index contributed by atoms with van der Waals surface area (Å²) in [5.41, 5.74) is 0.570. The van der Waals surface area contributed by atoms with Gasteiger partial charge < -0.3 is 14.4 Å². The summed E-state index contributed by atoms with van der Waals surface area (Å²) in [5.74, 6) is -0.209. The number of rotatable bonds is 2. The largest absolute Gasteiger partial charge is 0.475 e. The molecule has 0 bridgehead atoms. The Bertz CT molecular complexity index is 517. The normalized spacial score (nSPS) is 17.4. The highest BCUT2D eigenvalue weighted by molar-refractivity contribution is 6.31. The minimum absolute atomic E-state index is 0.126. The summed E-state index contributed by atoms with van der Waals surface area (Å²) in [6.07, 6.45) is -0.808. The summed E-state index contributed by atoms with van der Waals surface area (Å²) in [7, 11) is 0. The van der Waals surface area contributed by atoms with Gasteiger partial charge in [-0.25, -0.2) is 4.79 Å². The van der Waals surface area contributed by atoms with Crippen LogP contribution >= 0.6 is 11.6 Å². The van der Waals surface area contributed by atoms with Crippen molar-refractivity contribution in [3.63, 3.8) is 0 Å². The van der Waals surface area contributed by atoms with Crippen molar-refractivity contribution in [3.8, 4) is 5.75 Å². The molecule has 1 atom stereocenters. The number of hydrogen-bond acceptors (Lipinski definition) is 4. The van der Waals surface area contributed by atoms with Crippen LogP contribution in [0.4, 0.5) is 5.69 Å². The molecule has 0 saturated carbocycles. The molecule has 0 fully saturated rings. The van der Waals surface area contributed by atoms with Crippen LogP contribution < -0.4 is 9.64 Å². The molecule has 0 N–H and O–H groups in total. The van der Waals surface area contributed by atoms with E-state index >= 15 is 0 Å². The molecule has 0 radical (unpaired) electrons. The molecular formula is C13H14ClNO4. The minimum Gasteiger partial charge on any atom is -0.475 e. The fourth-order valence-corrected chi connectivity index (χ4v) is 2.08. The maximum Gasteiger partial charge on any atom is 0.349 e. The monoisotopic (exact) mass is 283 g/mol. The highest BCUT2D eigenvalue weighted by atomic mass is 35.5. The number of amides is 1. The fourth-order valence-electron chi connectivity index (χ4n) is 1.91. The zero-order valence-electron chi connectivity index (χ0n) is 10.7. The van der Waals surface area contributed by atoms with E-state index in [4.69, 9.17) is 21.1 Å². The standard InChI is InChI=1S/C13H14ClNO4/c1-3-18-13(17)12-7-15(8(2)16)10-6-9(14)4-5-11(10)19-12/h4-6,12H,3,7H2,1-2H3/t12-/m1/s1. The van der Waals surface area contributed by atoms with E-state index in [9.17, 15) is 9.59 Å². The van der Waals surface area contributed by atoms with Crippen molar-refractivity contribution in [2.75, 3.05) is 18.1 Å². The van der Waals surface area contributed by atoms with Crippen molar-refractivity contribution < 1.29 is 19.1 Å². The Kier molecular flexibility index (Phi) is 3.95. The number of anilines is 1. The van der Waals surface area contributed by atoms with Gasteiger partial charge >= 0.3 is 5.97 Å². The summed E-state index contributed by atoms with van der Waals surface area (Å²) in [5, 5.41) is 0.503. The lowest BCUT2D eigenvalue weighted by Crippen LogP contribution is -2.47. The lowest BCUT2D eigenvalue weighted by Gasteiger charge is -2.33. The van der Waals surface area contributed by atoms with Crippen LogP contribution in [0.2, 0.25) is 5.02 Å². The van der Waals surface area contributed by atoms with Crippen LogP contribution in [-0.4, -0.2) is 31.1 Å². The molecule has 2 rings (SSSR count). The predicted molar refractivity (Wildman–Crippen MR) is 70.5 cm³/mol. The van der Waals surface area contributed by atoms with Gasteiger partial charge in [0.2, 0.25) is 12.0 Å². The Morgan fingerprint density at radius 3 is 2.89 bits per heavy atom. The van der Waals surface area contributed by atoms with Crippen molar-refractivity contribution in [2.45, 2.75) is 20.0 Å². The second-order valence-electron chi connectivity index (χ2n) is 4.10. The lowest BCUT2D eigenvalue weighted by atomic mass is 10.2. The summed E-state index contributed by atoms with van der Waals surface area (Å²) >= 11 is 5.91. The van der Waals surface area contributed by atoms with Gasteiger partial charge in [-0.2, -0.15) is 0 Å². The summed E-state index contributed by atoms with van der Waals surface area (Å²) < 4.78 is 10.5. The van der Waals surface area contributed by atoms with Gasteiger partial charge in [0.25, 0.3) is 0 Å². The molecule has 1 aromatic carbocycles. The molecule has 1 aliphatic rings. The molecule has 5 nitrogen and oxygen atoms in total. The molecule has 0 saturated heterocycles. The SMILES string of the molecule is CCOC(=O)[C@H]1CN(C(C)=O)c2cc(Cl)ccc2O1. The van der Waals surface area contributed by atoms with E-state index in [2.05, 4.69) is 0 Å². The molecule has 6 heteroatoms. The number of nitrogens with zero attached hydrogens (tertiary/aromatic N) is 1. The Labute approximate surface area is 116 Å². The highest BCUT2D eigenvalue weighted by Gasteiger charge is 2.33. The van der Waals surface area contributed by atoms with Crippen LogP contribution in [0, 0.1) is 0 Å². The smallest absolute Gasteiger partial charge is 0.349 e. The summed E-state index contributed by atoms with van der Waals surface area (Å²) in [4.78, 5) is 24.9. The quantitative estimate of drug-likeness (QED) is 0.779. The van der Waals surface area contributed by atoms with Crippen molar-refractivity contribution in [2.24, 2.45) is 0 Å². The van der Waals surface area contributed by atoms with E-state index in [1.165, 1.54) is 11.8 Å². The number of hydrogen-bond donors (Lipinski definition) is 0. The maximum atomic E-state index is 11.7. The third kappa shape index (κ3) is 2.81. The van der Waals surface area contributed by atoms with E-state index in [1.54, 1.807) is 25.1 Å². The Morgan fingerprint density at radius 1 is 1.53 bits per heavy atom. The number of carbonyl (C=O) groups excluding carboxylic acids is 2. The second-order valence-corrected chi connectivity index (χ2v) is 4.54. The van der Waals surface area contributed by atoms with Crippen molar-refractivity contribution >= 4 is 29.2 Å². The minimum atomic E-state index is -0.808. The van der Waals surface area contributed by atoms with Crippen molar-refractivity contribution in [3.05, 3.63) is 23.2 Å². The Morgan fingerprint density at radius 2 is 2.26 bits per heavy atom. The zero-order valence-corrected chi connectivity index (χ0v) is 11.4. The molecule has 1 aliphatic heterocycles. The predicted octanol–water partition coefficient (Wildman–Crippen LogP) is 2.02. The number of benzene rings is 1. The molecule has 19 heavy (non-hydrogen) atoms. The van der Waals surface area contributed by atoms with E-state index in [1.807, 2.05) is 0 Å². The third-order valence-corrected chi connectivity index (χ3v) is 2.99. The average Bonchev–Trinajstić information content (AvgIpc) is 2.37. The van der Waals surface area contributed by atoms with Crippen LogP contribution in [0.3, 0.4) is 0 Å². The number of carbonyl (C=O) groups is 2. The van der Waals surface area contributed by atoms with Gasteiger partial charge in [-0.1, -0.05) is 11.6 Å². The Balaban J connectivity index is 2.33. The first-order chi connectivity index (χ1) is 9.02. The molecule has 1 amide bonds. The number of esters is 1. The number of halogens is 1. The molecule has 0 spiro atoms. The van der Waals surface area contributed by atoms with E-state index in [0.29, 0.717) is 16.5 Å². The molecule has 0 aromatic heterocycles. The van der Waals surface area contributed by atoms with Gasteiger partial charge in [0, 0.05) is 11.9 Å². The molecule has 0 aliphatic carbocycles. The van der Waals surface area contributed by atoms with Crippen LogP contribution in [0.5, 0.6) is 5.75 Å². The van der Waals surface area contributed by atoms with E-state index in [0.717, 1.165) is 0 Å². The first kappa shape index (κ1) is 13.7. The summed E-state index contributed by atoms with van der Waals surface area (Å²) in [6, 6.07) is 4.92. The third-order valence-electron chi connectivity index (χ3n) is 2.76. The van der Waals surface area contributed by atoms with Crippen LogP contribution in [-0.2, 0) is 14.3 Å². The second kappa shape index (κ2) is 5.48. The van der Waals surface area contributed by atoms with Crippen molar-refractivity contribution in [1.29, 1.82) is 0 Å². The molecule has 102 valence electrons. The molecule has 1 aromatic rings. The van der Waals surface area contributed by atoms with Crippen LogP contribution in [0.25, 0.3) is 0 Å². The van der Waals surface area contributed by atoms with Gasteiger partial charge in [-0.05, 0) is 25.1 Å². The zero-order chi connectivity index (χ0) is 14.0. The topological polar surface area (TPSA) is 55.8 Å². The first-order valence-corrected chi connectivity index (χ1v) is 6.31. The maximum absolute atomic E-state index is 11.7. The first-order valence-electron chi connectivity index (χ1n) is 5.94. The van der Waals surface area contributed by atoms with Gasteiger partial charge in [0.15, 0.2) is 0 Å². The van der Waals surface area contributed by atoms with Gasteiger partial charge in [0.1, 0.15) is 5.75 Å². The molecule has 1 heterocycles. The summed E-state index contributed by atoms with van der Waals surface area (Å²) in [6.45, 7) is 3.54. The van der Waals surface area contributed by atoms with Gasteiger partial charge in [-0.3, -0.25) is 4.79 Å². The highest BCUT2D eigenvalue weighted by Crippen LogP contribution is 2.35. The molecular weight excluding hydrogens is 270 g/mol. The lowest BCUT2D eigenvalue weighted by molar-refractivity contribution is -0.151. The van der Waals surface area contributed by atoms with E-state index < -0.39 is 12.1 Å². The van der Waals surface area contributed by atoms with Crippen molar-refractivity contribution in [1.82, 2.24) is 0 Å². The van der Waals surface area contributed by atoms with E-state index in [-0.39, 0.29) is 19.1 Å². The fraction of sp³-hybridized carbons (Fsp3) is 0.385. The van der Waals surface area contributed by atoms with Crippen LogP contribution in [0.15, 0.2) is 18.2 Å². The van der Waals surface area contributed by atoms with Crippen LogP contribution in [0.1, 0.15) is 13.8 Å².